The highest BCUT2D eigenvalue weighted by atomic mass is 16.5. The zero-order valence-electron chi connectivity index (χ0n) is 14.2. The van der Waals surface area contributed by atoms with E-state index >= 15 is 0 Å². The molecule has 0 amide bonds. The highest BCUT2D eigenvalue weighted by Gasteiger charge is 2.15. The lowest BCUT2D eigenvalue weighted by atomic mass is 10.2. The Balaban J connectivity index is 2.32. The molecule has 3 aromatic rings. The van der Waals surface area contributed by atoms with Gasteiger partial charge in [0.1, 0.15) is 17.3 Å². The molecule has 0 bridgehead atoms. The van der Waals surface area contributed by atoms with Gasteiger partial charge in [0.2, 0.25) is 0 Å². The molecular formula is C18H18N4O3. The lowest BCUT2D eigenvalue weighted by Gasteiger charge is -2.12. The average Bonchev–Trinajstić information content (AvgIpc) is 2.61. The van der Waals surface area contributed by atoms with E-state index in [0.29, 0.717) is 37.5 Å². The first kappa shape index (κ1) is 16.9. The van der Waals surface area contributed by atoms with Gasteiger partial charge in [-0.15, -0.1) is 0 Å². The smallest absolute Gasteiger partial charge is 0.270 e. The number of pyridine rings is 2. The molecule has 3 rings (SSSR count). The minimum Gasteiger partial charge on any atom is -0.382 e. The van der Waals surface area contributed by atoms with Crippen LogP contribution in [0, 0.1) is 18.3 Å². The van der Waals surface area contributed by atoms with E-state index in [1.54, 1.807) is 12.3 Å². The molecule has 0 aliphatic heterocycles. The molecule has 128 valence electrons. The number of aromatic nitrogens is 3. The van der Waals surface area contributed by atoms with Gasteiger partial charge in [0.15, 0.2) is 5.65 Å². The monoisotopic (exact) mass is 338 g/mol. The molecular weight excluding hydrogens is 320 g/mol. The molecule has 0 saturated carbocycles. The molecule has 25 heavy (non-hydrogen) atoms. The molecule has 3 heterocycles. The zero-order valence-corrected chi connectivity index (χ0v) is 14.2. The molecule has 7 heteroatoms. The van der Waals surface area contributed by atoms with Crippen molar-refractivity contribution in [2.75, 3.05) is 13.2 Å². The topological polar surface area (TPSA) is 89.4 Å². The maximum absolute atomic E-state index is 12.8. The van der Waals surface area contributed by atoms with Crippen molar-refractivity contribution in [2.24, 2.45) is 0 Å². The van der Waals surface area contributed by atoms with E-state index in [1.165, 1.54) is 15.0 Å². The van der Waals surface area contributed by atoms with Gasteiger partial charge in [-0.3, -0.25) is 18.6 Å². The summed E-state index contributed by atoms with van der Waals surface area (Å²) in [5.74, 6) is 0. The van der Waals surface area contributed by atoms with E-state index in [1.807, 2.05) is 26.0 Å². The Hall–Kier alpha value is -2.98. The maximum Gasteiger partial charge on any atom is 0.270 e. The number of nitrogens with zero attached hydrogens (tertiary/aromatic N) is 4. The number of hydrogen-bond donors (Lipinski definition) is 0. The molecule has 3 aromatic heterocycles. The zero-order chi connectivity index (χ0) is 18.0. The highest BCUT2D eigenvalue weighted by molar-refractivity contribution is 5.78. The van der Waals surface area contributed by atoms with E-state index in [4.69, 9.17) is 4.74 Å². The van der Waals surface area contributed by atoms with Gasteiger partial charge in [-0.1, -0.05) is 6.07 Å². The molecule has 0 fully saturated rings. The molecule has 7 nitrogen and oxygen atoms in total. The van der Waals surface area contributed by atoms with Crippen molar-refractivity contribution in [3.63, 3.8) is 0 Å². The van der Waals surface area contributed by atoms with Crippen LogP contribution in [0.4, 0.5) is 0 Å². The molecule has 0 aliphatic carbocycles. The van der Waals surface area contributed by atoms with Crippen molar-refractivity contribution in [2.45, 2.75) is 26.8 Å². The SMILES string of the molecule is CCOCCCn1c(=O)c(C#N)cc2c(=O)n3cccc(C)c3nc21. The van der Waals surface area contributed by atoms with Crippen LogP contribution < -0.4 is 11.1 Å². The third kappa shape index (κ3) is 2.92. The van der Waals surface area contributed by atoms with Crippen LogP contribution in [0.5, 0.6) is 0 Å². The predicted octanol–water partition coefficient (Wildman–Crippen LogP) is 1.62. The third-order valence-electron chi connectivity index (χ3n) is 4.08. The fraction of sp³-hybridized carbons (Fsp3) is 0.333. The summed E-state index contributed by atoms with van der Waals surface area (Å²) in [6.07, 6.45) is 2.22. The van der Waals surface area contributed by atoms with Crippen LogP contribution in [0.2, 0.25) is 0 Å². The fourth-order valence-electron chi connectivity index (χ4n) is 2.84. The second kappa shape index (κ2) is 6.87. The van der Waals surface area contributed by atoms with Crippen LogP contribution in [0.3, 0.4) is 0 Å². The van der Waals surface area contributed by atoms with Crippen molar-refractivity contribution in [1.29, 1.82) is 5.26 Å². The number of rotatable bonds is 5. The van der Waals surface area contributed by atoms with Crippen molar-refractivity contribution >= 4 is 16.7 Å². The van der Waals surface area contributed by atoms with E-state index in [2.05, 4.69) is 4.98 Å². The minimum absolute atomic E-state index is 0.0598. The average molecular weight is 338 g/mol. The standard InChI is InChI=1S/C18H18N4O3/c1-3-25-9-5-8-22-16-14(10-13(11-19)17(22)23)18(24)21-7-4-6-12(2)15(21)20-16/h4,6-7,10H,3,5,8-9H2,1-2H3. The van der Waals surface area contributed by atoms with Crippen molar-refractivity contribution in [3.8, 4) is 6.07 Å². The highest BCUT2D eigenvalue weighted by Crippen LogP contribution is 2.12. The second-order valence-electron chi connectivity index (χ2n) is 5.72. The summed E-state index contributed by atoms with van der Waals surface area (Å²) in [7, 11) is 0. The molecule has 0 radical (unpaired) electrons. The summed E-state index contributed by atoms with van der Waals surface area (Å²) in [4.78, 5) is 29.9. The van der Waals surface area contributed by atoms with Crippen LogP contribution in [-0.2, 0) is 11.3 Å². The van der Waals surface area contributed by atoms with Gasteiger partial charge < -0.3 is 4.74 Å². The van der Waals surface area contributed by atoms with E-state index in [9.17, 15) is 14.9 Å². The van der Waals surface area contributed by atoms with Gasteiger partial charge >= 0.3 is 0 Å². The first-order valence-electron chi connectivity index (χ1n) is 8.12. The summed E-state index contributed by atoms with van der Waals surface area (Å²) in [5, 5.41) is 9.50. The quantitative estimate of drug-likeness (QED) is 0.521. The Morgan fingerprint density at radius 1 is 1.28 bits per heavy atom. The number of ether oxygens (including phenoxy) is 1. The Bertz CT molecular complexity index is 1110. The lowest BCUT2D eigenvalue weighted by molar-refractivity contribution is 0.141. The summed E-state index contributed by atoms with van der Waals surface area (Å²) < 4.78 is 8.15. The van der Waals surface area contributed by atoms with Gasteiger partial charge in [-0.25, -0.2) is 4.98 Å². The minimum atomic E-state index is -0.434. The summed E-state index contributed by atoms with van der Waals surface area (Å²) >= 11 is 0. The molecule has 0 saturated heterocycles. The van der Waals surface area contributed by atoms with Gasteiger partial charge in [-0.05, 0) is 38.0 Å². The van der Waals surface area contributed by atoms with Crippen LogP contribution in [0.25, 0.3) is 16.7 Å². The predicted molar refractivity (Wildman–Crippen MR) is 93.8 cm³/mol. The normalized spacial score (nSPS) is 11.1. The Morgan fingerprint density at radius 2 is 2.08 bits per heavy atom. The van der Waals surface area contributed by atoms with Crippen LogP contribution in [0.15, 0.2) is 34.0 Å². The van der Waals surface area contributed by atoms with Crippen LogP contribution in [0.1, 0.15) is 24.5 Å². The molecule has 0 N–H and O–H groups in total. The van der Waals surface area contributed by atoms with Gasteiger partial charge in [-0.2, -0.15) is 5.26 Å². The summed E-state index contributed by atoms with van der Waals surface area (Å²) in [6.45, 7) is 5.17. The van der Waals surface area contributed by atoms with Gasteiger partial charge in [0, 0.05) is 26.0 Å². The molecule has 0 atom stereocenters. The van der Waals surface area contributed by atoms with E-state index in [0.717, 1.165) is 5.56 Å². The van der Waals surface area contributed by atoms with E-state index in [-0.39, 0.29) is 16.5 Å². The van der Waals surface area contributed by atoms with Crippen molar-refractivity contribution in [1.82, 2.24) is 14.0 Å². The Morgan fingerprint density at radius 3 is 2.80 bits per heavy atom. The van der Waals surface area contributed by atoms with Crippen LogP contribution >= 0.6 is 0 Å². The van der Waals surface area contributed by atoms with Gasteiger partial charge in [0.25, 0.3) is 11.1 Å². The maximum atomic E-state index is 12.8. The van der Waals surface area contributed by atoms with Crippen molar-refractivity contribution in [3.05, 3.63) is 56.2 Å². The number of fused-ring (bicyclic) bond motifs is 2. The van der Waals surface area contributed by atoms with Crippen LogP contribution in [-0.4, -0.2) is 27.2 Å². The first-order chi connectivity index (χ1) is 12.1. The van der Waals surface area contributed by atoms with E-state index < -0.39 is 5.56 Å². The van der Waals surface area contributed by atoms with Gasteiger partial charge in [0.05, 0.1) is 5.39 Å². The Kier molecular flexibility index (Phi) is 4.63. The molecule has 0 aromatic carbocycles. The molecule has 0 unspecified atom stereocenters. The second-order valence-corrected chi connectivity index (χ2v) is 5.72. The Labute approximate surface area is 143 Å². The number of aryl methyl sites for hydroxylation is 2. The summed E-state index contributed by atoms with van der Waals surface area (Å²) in [6, 6.07) is 6.83. The number of nitriles is 1. The fourth-order valence-corrected chi connectivity index (χ4v) is 2.84. The summed E-state index contributed by atoms with van der Waals surface area (Å²) in [5.41, 5.74) is 0.854. The molecule has 0 spiro atoms. The van der Waals surface area contributed by atoms with Crippen molar-refractivity contribution < 1.29 is 4.74 Å². The largest absolute Gasteiger partial charge is 0.382 e. The lowest BCUT2D eigenvalue weighted by Crippen LogP contribution is -2.28. The number of hydrogen-bond acceptors (Lipinski definition) is 5. The third-order valence-corrected chi connectivity index (χ3v) is 4.08. The first-order valence-corrected chi connectivity index (χ1v) is 8.12. The molecule has 0 aliphatic rings.